The molecular weight excluding hydrogens is 388 g/mol. The van der Waals surface area contributed by atoms with Gasteiger partial charge in [-0.3, -0.25) is 14.7 Å². The number of halogens is 2. The number of benzene rings is 1. The van der Waals surface area contributed by atoms with E-state index in [1.807, 2.05) is 18.3 Å². The Hall–Kier alpha value is -2.38. The van der Waals surface area contributed by atoms with Crippen molar-refractivity contribution in [2.75, 3.05) is 19.6 Å². The molecule has 1 spiro atoms. The summed E-state index contributed by atoms with van der Waals surface area (Å²) < 4.78 is 32.6. The number of carbonyl (C=O) groups is 1. The summed E-state index contributed by atoms with van der Waals surface area (Å²) in [4.78, 5) is 19.0. The molecule has 2 aromatic rings. The molecule has 2 saturated heterocycles. The Kier molecular flexibility index (Phi) is 6.39. The van der Waals surface area contributed by atoms with E-state index in [1.165, 1.54) is 6.07 Å². The van der Waals surface area contributed by atoms with Crippen LogP contribution in [0.15, 0.2) is 42.6 Å². The Bertz CT molecular complexity index is 870. The maximum atomic E-state index is 13.3. The van der Waals surface area contributed by atoms with E-state index in [4.69, 9.17) is 4.74 Å². The van der Waals surface area contributed by atoms with Gasteiger partial charge in [-0.05, 0) is 55.5 Å². The fraction of sp³-hybridized carbons (Fsp3) is 0.478. The van der Waals surface area contributed by atoms with Gasteiger partial charge in [0.2, 0.25) is 5.91 Å². The molecule has 2 aliphatic rings. The van der Waals surface area contributed by atoms with Crippen molar-refractivity contribution in [3.8, 4) is 0 Å². The number of aromatic nitrogens is 1. The van der Waals surface area contributed by atoms with E-state index < -0.39 is 11.6 Å². The van der Waals surface area contributed by atoms with Crippen LogP contribution >= 0.6 is 0 Å². The summed E-state index contributed by atoms with van der Waals surface area (Å²) in [6.45, 7) is 3.26. The molecule has 1 amide bonds. The van der Waals surface area contributed by atoms with Crippen molar-refractivity contribution in [2.24, 2.45) is 0 Å². The Morgan fingerprint density at radius 1 is 1.17 bits per heavy atom. The third-order valence-electron chi connectivity index (χ3n) is 6.09. The lowest BCUT2D eigenvalue weighted by atomic mass is 9.88. The highest BCUT2D eigenvalue weighted by molar-refractivity contribution is 5.78. The van der Waals surface area contributed by atoms with Crippen molar-refractivity contribution < 1.29 is 18.3 Å². The molecule has 0 aliphatic carbocycles. The Balaban J connectivity index is 1.20. The van der Waals surface area contributed by atoms with Gasteiger partial charge in [-0.1, -0.05) is 12.1 Å². The highest BCUT2D eigenvalue weighted by Crippen LogP contribution is 2.38. The van der Waals surface area contributed by atoms with Crippen molar-refractivity contribution in [2.45, 2.75) is 50.4 Å². The van der Waals surface area contributed by atoms with Gasteiger partial charge in [0, 0.05) is 32.4 Å². The maximum absolute atomic E-state index is 13.3. The van der Waals surface area contributed by atoms with Crippen LogP contribution in [0.25, 0.3) is 0 Å². The van der Waals surface area contributed by atoms with Gasteiger partial charge >= 0.3 is 0 Å². The second kappa shape index (κ2) is 9.18. The average molecular weight is 415 g/mol. The van der Waals surface area contributed by atoms with Crippen LogP contribution in [-0.2, 0) is 22.5 Å². The first-order chi connectivity index (χ1) is 14.5. The largest absolute Gasteiger partial charge is 0.370 e. The zero-order valence-electron chi connectivity index (χ0n) is 16.9. The standard InChI is InChI=1S/C23H27F2N3O2/c24-20-5-4-17(13-21(20)25)14-22(29)27-15-19-6-7-23(30-19)8-11-28(12-9-23)16-18-3-1-2-10-26-18/h1-5,10,13,19H,6-9,11-12,14-16H2,(H,27,29). The summed E-state index contributed by atoms with van der Waals surface area (Å²) in [5.74, 6) is -2.05. The highest BCUT2D eigenvalue weighted by atomic mass is 19.2. The summed E-state index contributed by atoms with van der Waals surface area (Å²) in [7, 11) is 0. The quantitative estimate of drug-likeness (QED) is 0.787. The Labute approximate surface area is 175 Å². The number of likely N-dealkylation sites (tertiary alicyclic amines) is 1. The number of pyridine rings is 1. The summed E-state index contributed by atoms with van der Waals surface area (Å²) in [5, 5.41) is 2.87. The first-order valence-electron chi connectivity index (χ1n) is 10.5. The third kappa shape index (κ3) is 5.21. The normalized spacial score (nSPS) is 21.1. The minimum absolute atomic E-state index is 0.00115. The fourth-order valence-electron chi connectivity index (χ4n) is 4.37. The van der Waals surface area contributed by atoms with Gasteiger partial charge in [-0.15, -0.1) is 0 Å². The van der Waals surface area contributed by atoms with Crippen molar-refractivity contribution in [3.63, 3.8) is 0 Å². The summed E-state index contributed by atoms with van der Waals surface area (Å²) >= 11 is 0. The van der Waals surface area contributed by atoms with E-state index in [2.05, 4.69) is 21.3 Å². The van der Waals surface area contributed by atoms with E-state index in [1.54, 1.807) is 0 Å². The summed E-state index contributed by atoms with van der Waals surface area (Å²) in [5.41, 5.74) is 1.45. The van der Waals surface area contributed by atoms with E-state index in [-0.39, 0.29) is 24.0 Å². The first-order valence-corrected chi connectivity index (χ1v) is 10.5. The second-order valence-corrected chi connectivity index (χ2v) is 8.29. The van der Waals surface area contributed by atoms with E-state index in [9.17, 15) is 13.6 Å². The molecule has 1 N–H and O–H groups in total. The van der Waals surface area contributed by atoms with Crippen LogP contribution in [0.4, 0.5) is 8.78 Å². The molecule has 0 radical (unpaired) electrons. The molecule has 7 heteroatoms. The lowest BCUT2D eigenvalue weighted by Gasteiger charge is -2.39. The number of hydrogen-bond acceptors (Lipinski definition) is 4. The van der Waals surface area contributed by atoms with Crippen LogP contribution in [0.2, 0.25) is 0 Å². The van der Waals surface area contributed by atoms with Crippen molar-refractivity contribution in [1.82, 2.24) is 15.2 Å². The van der Waals surface area contributed by atoms with Crippen LogP contribution < -0.4 is 5.32 Å². The fourth-order valence-corrected chi connectivity index (χ4v) is 4.37. The molecule has 160 valence electrons. The monoisotopic (exact) mass is 415 g/mol. The molecule has 4 rings (SSSR count). The number of nitrogens with one attached hydrogen (secondary N) is 1. The van der Waals surface area contributed by atoms with Gasteiger partial charge in [0.1, 0.15) is 0 Å². The Morgan fingerprint density at radius 2 is 2.00 bits per heavy atom. The maximum Gasteiger partial charge on any atom is 0.224 e. The molecule has 0 bridgehead atoms. The SMILES string of the molecule is O=C(Cc1ccc(F)c(F)c1)NCC1CCC2(CCN(Cc3ccccn3)CC2)O1. The molecule has 2 fully saturated rings. The van der Waals surface area contributed by atoms with Crippen LogP contribution in [-0.4, -0.2) is 47.1 Å². The lowest BCUT2D eigenvalue weighted by Crippen LogP contribution is -2.45. The zero-order valence-corrected chi connectivity index (χ0v) is 16.9. The topological polar surface area (TPSA) is 54.5 Å². The molecule has 1 atom stereocenters. The van der Waals surface area contributed by atoms with Crippen LogP contribution in [0.3, 0.4) is 0 Å². The molecule has 0 saturated carbocycles. The lowest BCUT2D eigenvalue weighted by molar-refractivity contribution is -0.122. The van der Waals surface area contributed by atoms with Gasteiger partial charge < -0.3 is 10.1 Å². The Morgan fingerprint density at radius 3 is 2.73 bits per heavy atom. The molecule has 2 aliphatic heterocycles. The highest BCUT2D eigenvalue weighted by Gasteiger charge is 2.42. The molecule has 1 aromatic carbocycles. The van der Waals surface area contributed by atoms with Gasteiger partial charge in [0.15, 0.2) is 11.6 Å². The van der Waals surface area contributed by atoms with E-state index in [0.717, 1.165) is 63.1 Å². The number of rotatable bonds is 6. The predicted octanol–water partition coefficient (Wildman–Crippen LogP) is 3.23. The smallest absolute Gasteiger partial charge is 0.224 e. The van der Waals surface area contributed by atoms with Crippen LogP contribution in [0.1, 0.15) is 36.9 Å². The molecular formula is C23H27F2N3O2. The minimum Gasteiger partial charge on any atom is -0.370 e. The number of hydrogen-bond donors (Lipinski definition) is 1. The zero-order chi connectivity index (χ0) is 21.0. The summed E-state index contributed by atoms with van der Waals surface area (Å²) in [6.07, 6.45) is 5.75. The van der Waals surface area contributed by atoms with Crippen LogP contribution in [0.5, 0.6) is 0 Å². The molecule has 5 nitrogen and oxygen atoms in total. The van der Waals surface area contributed by atoms with E-state index >= 15 is 0 Å². The predicted molar refractivity (Wildman–Crippen MR) is 109 cm³/mol. The number of amides is 1. The van der Waals surface area contributed by atoms with Crippen molar-refractivity contribution >= 4 is 5.91 Å². The van der Waals surface area contributed by atoms with Gasteiger partial charge in [-0.2, -0.15) is 0 Å². The third-order valence-corrected chi connectivity index (χ3v) is 6.09. The molecule has 3 heterocycles. The van der Waals surface area contributed by atoms with Crippen molar-refractivity contribution in [3.05, 3.63) is 65.5 Å². The van der Waals surface area contributed by atoms with Crippen LogP contribution in [0, 0.1) is 11.6 Å². The van der Waals surface area contributed by atoms with Crippen molar-refractivity contribution in [1.29, 1.82) is 0 Å². The number of piperidine rings is 1. The average Bonchev–Trinajstić information content (AvgIpc) is 3.15. The number of carbonyl (C=O) groups excluding carboxylic acids is 1. The second-order valence-electron chi connectivity index (χ2n) is 8.29. The molecule has 1 aromatic heterocycles. The summed E-state index contributed by atoms with van der Waals surface area (Å²) in [6, 6.07) is 9.53. The minimum atomic E-state index is -0.934. The number of nitrogens with zero attached hydrogens (tertiary/aromatic N) is 2. The van der Waals surface area contributed by atoms with Gasteiger partial charge in [0.25, 0.3) is 0 Å². The van der Waals surface area contributed by atoms with Gasteiger partial charge in [-0.25, -0.2) is 8.78 Å². The van der Waals surface area contributed by atoms with Gasteiger partial charge in [0.05, 0.1) is 23.8 Å². The molecule has 30 heavy (non-hydrogen) atoms. The first kappa shape index (κ1) is 20.9. The number of ether oxygens (including phenoxy) is 1. The molecule has 1 unspecified atom stereocenters. The van der Waals surface area contributed by atoms with E-state index in [0.29, 0.717) is 12.1 Å².